The van der Waals surface area contributed by atoms with Crippen molar-refractivity contribution in [2.24, 2.45) is 0 Å². The molecule has 0 atom stereocenters. The molecule has 0 aliphatic rings. The molecular formula is C7H15Br3Sn. The quantitative estimate of drug-likeness (QED) is 0.385. The second-order valence-electron chi connectivity index (χ2n) is 2.78. The van der Waals surface area contributed by atoms with E-state index in [9.17, 15) is 0 Å². The third kappa shape index (κ3) is 12.2. The Morgan fingerprint density at radius 3 is 1.91 bits per heavy atom. The molecule has 0 saturated carbocycles. The minimum atomic E-state index is -1.93. The fourth-order valence-electron chi connectivity index (χ4n) is 0.929. The van der Waals surface area contributed by atoms with Crippen LogP contribution in [0.4, 0.5) is 0 Å². The van der Waals surface area contributed by atoms with Gasteiger partial charge in [0.1, 0.15) is 0 Å². The fourth-order valence-corrected chi connectivity index (χ4v) is 8.43. The summed E-state index contributed by atoms with van der Waals surface area (Å²) in [6.45, 7) is 2.25. The second-order valence-corrected chi connectivity index (χ2v) is 56.4. The van der Waals surface area contributed by atoms with Gasteiger partial charge in [-0.1, -0.05) is 0 Å². The minimum absolute atomic E-state index is 1.34. The monoisotopic (exact) mass is 456 g/mol. The van der Waals surface area contributed by atoms with Crippen LogP contribution in [0.15, 0.2) is 0 Å². The number of hydrogen-bond donors (Lipinski definition) is 0. The van der Waals surface area contributed by atoms with E-state index >= 15 is 0 Å². The Morgan fingerprint density at radius 2 is 1.45 bits per heavy atom. The third-order valence-corrected chi connectivity index (χ3v) is 12.2. The van der Waals surface area contributed by atoms with E-state index in [-0.39, 0.29) is 0 Å². The van der Waals surface area contributed by atoms with Crippen molar-refractivity contribution in [2.75, 3.05) is 0 Å². The molecule has 68 valence electrons. The van der Waals surface area contributed by atoms with Crippen molar-refractivity contribution in [2.45, 2.75) is 43.5 Å². The molecule has 4 heteroatoms. The number of hydrogen-bond acceptors (Lipinski definition) is 0. The Balaban J connectivity index is 3.02. The van der Waals surface area contributed by atoms with Gasteiger partial charge in [0.05, 0.1) is 0 Å². The van der Waals surface area contributed by atoms with Crippen molar-refractivity contribution >= 4 is 49.8 Å². The molecule has 0 nitrogen and oxygen atoms in total. The number of rotatable bonds is 6. The van der Waals surface area contributed by atoms with Crippen LogP contribution in [0.2, 0.25) is 4.44 Å². The van der Waals surface area contributed by atoms with Crippen LogP contribution in [0.5, 0.6) is 0 Å². The Bertz CT molecular complexity index is 90.2. The van der Waals surface area contributed by atoms with Crippen LogP contribution in [-0.4, -0.2) is 11.7 Å². The van der Waals surface area contributed by atoms with Gasteiger partial charge in [-0.15, -0.1) is 0 Å². The molecule has 0 aromatic heterocycles. The van der Waals surface area contributed by atoms with Crippen LogP contribution < -0.4 is 0 Å². The van der Waals surface area contributed by atoms with Crippen molar-refractivity contribution in [1.29, 1.82) is 0 Å². The van der Waals surface area contributed by atoms with E-state index in [1.165, 1.54) is 36.5 Å². The van der Waals surface area contributed by atoms with Crippen molar-refractivity contribution in [3.05, 3.63) is 0 Å². The standard InChI is InChI=1S/C7H15.3BrH.Sn/c1-3-5-7-6-4-2;;;;/h1,3-7H2,2H3;3*1H;/q;;;;+3/p-3. The summed E-state index contributed by atoms with van der Waals surface area (Å²) >= 11 is 9.15. The maximum atomic E-state index is 3.69. The summed E-state index contributed by atoms with van der Waals surface area (Å²) in [6.07, 6.45) is 6.92. The van der Waals surface area contributed by atoms with Gasteiger partial charge in [-0.2, -0.15) is 0 Å². The van der Waals surface area contributed by atoms with Gasteiger partial charge >= 0.3 is 93.3 Å². The molecule has 0 N–H and O–H groups in total. The Morgan fingerprint density at radius 1 is 0.909 bits per heavy atom. The normalized spacial score (nSPS) is 12.0. The van der Waals surface area contributed by atoms with Gasteiger partial charge in [-0.05, 0) is 0 Å². The molecular weight excluding hydrogens is 442 g/mol. The van der Waals surface area contributed by atoms with Crippen LogP contribution >= 0.6 is 38.1 Å². The molecule has 0 radical (unpaired) electrons. The molecule has 0 heterocycles. The number of unbranched alkanes of at least 4 members (excludes halogenated alkanes) is 4. The van der Waals surface area contributed by atoms with Crippen LogP contribution in [0.1, 0.15) is 39.0 Å². The molecule has 0 spiro atoms. The summed E-state index contributed by atoms with van der Waals surface area (Å²) in [4.78, 5) is 0. The zero-order valence-corrected chi connectivity index (χ0v) is 14.5. The molecule has 0 rings (SSSR count). The SMILES string of the molecule is CCCCCC[CH2][Sn]([Br])([Br])[Br]. The van der Waals surface area contributed by atoms with E-state index in [1.807, 2.05) is 0 Å². The molecule has 0 saturated heterocycles. The van der Waals surface area contributed by atoms with E-state index in [4.69, 9.17) is 0 Å². The van der Waals surface area contributed by atoms with Gasteiger partial charge < -0.3 is 0 Å². The Hall–Kier alpha value is 2.24. The zero-order chi connectivity index (χ0) is 8.74. The molecule has 0 amide bonds. The predicted molar refractivity (Wildman–Crippen MR) is 66.1 cm³/mol. The van der Waals surface area contributed by atoms with Crippen molar-refractivity contribution in [1.82, 2.24) is 0 Å². The first-order valence-electron chi connectivity index (χ1n) is 4.13. The van der Waals surface area contributed by atoms with Gasteiger partial charge in [0, 0.05) is 0 Å². The zero-order valence-electron chi connectivity index (χ0n) is 6.88. The molecule has 0 aromatic rings. The van der Waals surface area contributed by atoms with Crippen LogP contribution in [-0.2, 0) is 0 Å². The summed E-state index contributed by atoms with van der Waals surface area (Å²) in [5.41, 5.74) is 0. The molecule has 0 aliphatic heterocycles. The predicted octanol–water partition coefficient (Wildman–Crippen LogP) is 5.08. The molecule has 0 aromatic carbocycles. The van der Waals surface area contributed by atoms with Gasteiger partial charge in [-0.3, -0.25) is 0 Å². The van der Waals surface area contributed by atoms with Crippen LogP contribution in [0.25, 0.3) is 0 Å². The average molecular weight is 458 g/mol. The molecule has 0 aliphatic carbocycles. The summed E-state index contributed by atoms with van der Waals surface area (Å²) in [7, 11) is 0. The Kier molecular flexibility index (Phi) is 9.18. The number of halogens is 3. The van der Waals surface area contributed by atoms with Crippen molar-refractivity contribution < 1.29 is 0 Å². The van der Waals surface area contributed by atoms with Gasteiger partial charge in [0.15, 0.2) is 0 Å². The van der Waals surface area contributed by atoms with Crippen LogP contribution in [0, 0.1) is 0 Å². The summed E-state index contributed by atoms with van der Waals surface area (Å²) in [5, 5.41) is 0. The van der Waals surface area contributed by atoms with Gasteiger partial charge in [-0.25, -0.2) is 0 Å². The summed E-state index contributed by atoms with van der Waals surface area (Å²) < 4.78 is 1.35. The van der Waals surface area contributed by atoms with E-state index in [1.54, 1.807) is 0 Å². The van der Waals surface area contributed by atoms with E-state index < -0.39 is 11.7 Å². The van der Waals surface area contributed by atoms with Crippen LogP contribution in [0.3, 0.4) is 0 Å². The van der Waals surface area contributed by atoms with E-state index in [0.29, 0.717) is 0 Å². The Labute approximate surface area is 92.0 Å². The first-order chi connectivity index (χ1) is 5.06. The molecule has 0 bridgehead atoms. The van der Waals surface area contributed by atoms with E-state index in [0.717, 1.165) is 0 Å². The fraction of sp³-hybridized carbons (Fsp3) is 1.00. The first-order valence-corrected chi connectivity index (χ1v) is 25.3. The summed E-state index contributed by atoms with van der Waals surface area (Å²) in [5.74, 6) is 0. The second kappa shape index (κ2) is 7.62. The third-order valence-electron chi connectivity index (χ3n) is 1.56. The maximum absolute atomic E-state index is 3.69. The molecule has 11 heavy (non-hydrogen) atoms. The summed E-state index contributed by atoms with van der Waals surface area (Å²) in [6, 6.07) is 0. The topological polar surface area (TPSA) is 0 Å². The van der Waals surface area contributed by atoms with Crippen molar-refractivity contribution in [3.8, 4) is 0 Å². The van der Waals surface area contributed by atoms with Crippen molar-refractivity contribution in [3.63, 3.8) is 0 Å². The first kappa shape index (κ1) is 13.2. The van der Waals surface area contributed by atoms with Gasteiger partial charge in [0.25, 0.3) is 0 Å². The molecule has 0 fully saturated rings. The average Bonchev–Trinajstić information content (AvgIpc) is 1.85. The van der Waals surface area contributed by atoms with Gasteiger partial charge in [0.2, 0.25) is 0 Å². The molecule has 0 unspecified atom stereocenters. The van der Waals surface area contributed by atoms with E-state index in [2.05, 4.69) is 45.0 Å².